The van der Waals surface area contributed by atoms with Crippen molar-refractivity contribution in [2.45, 2.75) is 59.3 Å². The SMILES string of the molecule is CCC(C)c1cc(NC(=O)O)c(C(C)CC)c(NC(=O)O)c1C. The molecule has 6 heteroatoms. The van der Waals surface area contributed by atoms with E-state index < -0.39 is 12.2 Å². The molecule has 2 unspecified atom stereocenters. The Balaban J connectivity index is 3.69. The van der Waals surface area contributed by atoms with Gasteiger partial charge in [-0.1, -0.05) is 27.7 Å². The average molecular weight is 322 g/mol. The van der Waals surface area contributed by atoms with Gasteiger partial charge >= 0.3 is 12.2 Å². The zero-order valence-electron chi connectivity index (χ0n) is 14.4. The first-order valence-electron chi connectivity index (χ1n) is 7.90. The summed E-state index contributed by atoms with van der Waals surface area (Å²) in [6.45, 7) is 9.90. The van der Waals surface area contributed by atoms with E-state index in [-0.39, 0.29) is 11.8 Å². The predicted octanol–water partition coefficient (Wildman–Crippen LogP) is 5.20. The van der Waals surface area contributed by atoms with Crippen molar-refractivity contribution in [3.63, 3.8) is 0 Å². The summed E-state index contributed by atoms with van der Waals surface area (Å²) in [6.07, 6.45) is -0.664. The molecule has 1 rings (SSSR count). The van der Waals surface area contributed by atoms with Crippen LogP contribution in [0.2, 0.25) is 0 Å². The highest BCUT2D eigenvalue weighted by Crippen LogP contribution is 2.40. The largest absolute Gasteiger partial charge is 0.465 e. The molecule has 0 radical (unpaired) electrons. The lowest BCUT2D eigenvalue weighted by Crippen LogP contribution is -2.17. The van der Waals surface area contributed by atoms with Crippen LogP contribution in [0.5, 0.6) is 0 Å². The Labute approximate surface area is 136 Å². The average Bonchev–Trinajstić information content (AvgIpc) is 2.47. The number of hydrogen-bond donors (Lipinski definition) is 4. The van der Waals surface area contributed by atoms with Crippen LogP contribution in [-0.2, 0) is 0 Å². The summed E-state index contributed by atoms with van der Waals surface area (Å²) in [5.74, 6) is 0.216. The third kappa shape index (κ3) is 4.37. The van der Waals surface area contributed by atoms with Gasteiger partial charge in [0, 0.05) is 11.3 Å². The summed E-state index contributed by atoms with van der Waals surface area (Å²) in [4.78, 5) is 22.4. The monoisotopic (exact) mass is 322 g/mol. The van der Waals surface area contributed by atoms with E-state index in [9.17, 15) is 14.7 Å². The summed E-state index contributed by atoms with van der Waals surface area (Å²) >= 11 is 0. The molecule has 0 saturated carbocycles. The van der Waals surface area contributed by atoms with Crippen LogP contribution >= 0.6 is 0 Å². The van der Waals surface area contributed by atoms with Crippen molar-refractivity contribution in [3.05, 3.63) is 22.8 Å². The Kier molecular flexibility index (Phi) is 6.42. The first kappa shape index (κ1) is 18.8. The van der Waals surface area contributed by atoms with Crippen LogP contribution in [0.1, 0.15) is 69.1 Å². The van der Waals surface area contributed by atoms with Crippen LogP contribution < -0.4 is 10.6 Å². The highest BCUT2D eigenvalue weighted by Gasteiger charge is 2.23. The van der Waals surface area contributed by atoms with Crippen molar-refractivity contribution in [2.75, 3.05) is 10.6 Å². The van der Waals surface area contributed by atoms with Gasteiger partial charge in [0.1, 0.15) is 0 Å². The third-order valence-corrected chi connectivity index (χ3v) is 4.39. The highest BCUT2D eigenvalue weighted by atomic mass is 16.4. The minimum atomic E-state index is -1.16. The Hall–Kier alpha value is -2.24. The third-order valence-electron chi connectivity index (χ3n) is 4.39. The fourth-order valence-corrected chi connectivity index (χ4v) is 2.76. The van der Waals surface area contributed by atoms with E-state index in [0.29, 0.717) is 16.9 Å². The van der Waals surface area contributed by atoms with Gasteiger partial charge in [-0.05, 0) is 48.8 Å². The Morgan fingerprint density at radius 1 is 1.04 bits per heavy atom. The number of anilines is 2. The van der Waals surface area contributed by atoms with E-state index in [0.717, 1.165) is 24.0 Å². The van der Waals surface area contributed by atoms with E-state index in [1.807, 2.05) is 40.7 Å². The van der Waals surface area contributed by atoms with Crippen LogP contribution in [0.25, 0.3) is 0 Å². The maximum Gasteiger partial charge on any atom is 0.409 e. The molecule has 128 valence electrons. The molecule has 1 aromatic rings. The molecule has 23 heavy (non-hydrogen) atoms. The highest BCUT2D eigenvalue weighted by molar-refractivity contribution is 5.92. The number of hydrogen-bond acceptors (Lipinski definition) is 2. The van der Waals surface area contributed by atoms with Crippen molar-refractivity contribution in [2.24, 2.45) is 0 Å². The standard InChI is InChI=1S/C17H26N2O4/c1-6-9(3)12-8-13(18-16(20)21)14(10(4)7-2)15(11(12)5)19-17(22)23/h8-10,18-19H,6-7H2,1-5H3,(H,20,21)(H,22,23). The molecule has 2 amide bonds. The Morgan fingerprint density at radius 3 is 2.00 bits per heavy atom. The molecule has 0 aliphatic rings. The normalized spacial score (nSPS) is 13.3. The first-order chi connectivity index (χ1) is 10.7. The second-order valence-electron chi connectivity index (χ2n) is 5.91. The fraction of sp³-hybridized carbons (Fsp3) is 0.529. The molecular weight excluding hydrogens is 296 g/mol. The minimum Gasteiger partial charge on any atom is -0.465 e. The van der Waals surface area contributed by atoms with Crippen molar-refractivity contribution in [1.82, 2.24) is 0 Å². The maximum atomic E-state index is 11.2. The number of rotatable bonds is 6. The van der Waals surface area contributed by atoms with Crippen molar-refractivity contribution >= 4 is 23.6 Å². The summed E-state index contributed by atoms with van der Waals surface area (Å²) in [7, 11) is 0. The van der Waals surface area contributed by atoms with Gasteiger partial charge < -0.3 is 10.2 Å². The molecule has 1 aromatic carbocycles. The van der Waals surface area contributed by atoms with Gasteiger partial charge in [-0.15, -0.1) is 0 Å². The number of benzene rings is 1. The van der Waals surface area contributed by atoms with Crippen LogP contribution in [-0.4, -0.2) is 22.4 Å². The molecule has 2 atom stereocenters. The maximum absolute atomic E-state index is 11.2. The van der Waals surface area contributed by atoms with Gasteiger partial charge in [-0.25, -0.2) is 9.59 Å². The van der Waals surface area contributed by atoms with Gasteiger partial charge in [0.2, 0.25) is 0 Å². The quantitative estimate of drug-likeness (QED) is 0.578. The molecule has 0 aliphatic heterocycles. The second-order valence-corrected chi connectivity index (χ2v) is 5.91. The molecule has 0 aliphatic carbocycles. The molecule has 0 bridgehead atoms. The molecular formula is C17H26N2O4. The zero-order valence-corrected chi connectivity index (χ0v) is 14.4. The number of nitrogens with one attached hydrogen (secondary N) is 2. The fourth-order valence-electron chi connectivity index (χ4n) is 2.76. The lowest BCUT2D eigenvalue weighted by atomic mass is 9.86. The lowest BCUT2D eigenvalue weighted by Gasteiger charge is -2.25. The van der Waals surface area contributed by atoms with E-state index in [1.54, 1.807) is 0 Å². The van der Waals surface area contributed by atoms with Crippen LogP contribution in [0.4, 0.5) is 21.0 Å². The van der Waals surface area contributed by atoms with E-state index >= 15 is 0 Å². The molecule has 0 aromatic heterocycles. The topological polar surface area (TPSA) is 98.7 Å². The van der Waals surface area contributed by atoms with Crippen LogP contribution in [0, 0.1) is 6.92 Å². The van der Waals surface area contributed by atoms with E-state index in [4.69, 9.17) is 5.11 Å². The molecule has 0 heterocycles. The summed E-state index contributed by atoms with van der Waals surface area (Å²) in [5.41, 5.74) is 3.45. The van der Waals surface area contributed by atoms with Gasteiger partial charge in [-0.2, -0.15) is 0 Å². The molecule has 0 fully saturated rings. The molecule has 0 spiro atoms. The molecule has 0 saturated heterocycles. The van der Waals surface area contributed by atoms with Crippen LogP contribution in [0.3, 0.4) is 0 Å². The first-order valence-corrected chi connectivity index (χ1v) is 7.90. The van der Waals surface area contributed by atoms with Gasteiger partial charge in [-0.3, -0.25) is 10.6 Å². The zero-order chi connectivity index (χ0) is 17.7. The number of amides is 2. The Bertz CT molecular complexity index is 599. The smallest absolute Gasteiger partial charge is 0.409 e. The number of carboxylic acid groups (broad SMARTS) is 2. The van der Waals surface area contributed by atoms with Crippen LogP contribution in [0.15, 0.2) is 6.07 Å². The van der Waals surface area contributed by atoms with Crippen molar-refractivity contribution in [3.8, 4) is 0 Å². The van der Waals surface area contributed by atoms with Gasteiger partial charge in [0.25, 0.3) is 0 Å². The van der Waals surface area contributed by atoms with E-state index in [1.165, 1.54) is 0 Å². The second kappa shape index (κ2) is 7.85. The van der Waals surface area contributed by atoms with Gasteiger partial charge in [0.05, 0.1) is 5.69 Å². The number of carbonyl (C=O) groups is 2. The lowest BCUT2D eigenvalue weighted by molar-refractivity contribution is 0.208. The molecule has 6 nitrogen and oxygen atoms in total. The van der Waals surface area contributed by atoms with Crippen molar-refractivity contribution < 1.29 is 19.8 Å². The summed E-state index contributed by atoms with van der Waals surface area (Å²) < 4.78 is 0. The van der Waals surface area contributed by atoms with E-state index in [2.05, 4.69) is 10.6 Å². The van der Waals surface area contributed by atoms with Crippen molar-refractivity contribution in [1.29, 1.82) is 0 Å². The summed E-state index contributed by atoms with van der Waals surface area (Å²) in [6, 6.07) is 1.84. The minimum absolute atomic E-state index is 0.0170. The predicted molar refractivity (Wildman–Crippen MR) is 91.9 cm³/mol. The van der Waals surface area contributed by atoms with Gasteiger partial charge in [0.15, 0.2) is 0 Å². The Morgan fingerprint density at radius 2 is 1.57 bits per heavy atom. The summed E-state index contributed by atoms with van der Waals surface area (Å²) in [5, 5.41) is 23.2. The molecule has 4 N–H and O–H groups in total.